The third-order valence-electron chi connectivity index (χ3n) is 4.52. The zero-order chi connectivity index (χ0) is 17.8. The summed E-state index contributed by atoms with van der Waals surface area (Å²) in [6.07, 6.45) is 0. The smallest absolute Gasteiger partial charge is 0.261 e. The number of carbonyl (C=O) groups excluding carboxylic acids is 1. The number of rotatable bonds is 5. The molecule has 0 unspecified atom stereocenters. The van der Waals surface area contributed by atoms with Crippen molar-refractivity contribution in [2.24, 2.45) is 0 Å². The second-order valence-corrected chi connectivity index (χ2v) is 7.32. The number of amides is 1. The molecule has 0 bridgehead atoms. The van der Waals surface area contributed by atoms with Crippen LogP contribution in [-0.4, -0.2) is 12.5 Å². The SMILES string of the molecule is O=C(NCC(c1ccccc1)c1ccccc1)c1cc2ccccc2s1. The van der Waals surface area contributed by atoms with Crippen LogP contribution in [0.2, 0.25) is 0 Å². The van der Waals surface area contributed by atoms with Crippen molar-refractivity contribution in [3.63, 3.8) is 0 Å². The number of carbonyl (C=O) groups is 1. The lowest BCUT2D eigenvalue weighted by Crippen LogP contribution is -2.28. The van der Waals surface area contributed by atoms with E-state index >= 15 is 0 Å². The Morgan fingerprint density at radius 3 is 2.00 bits per heavy atom. The van der Waals surface area contributed by atoms with Gasteiger partial charge in [0.05, 0.1) is 4.88 Å². The molecule has 0 aliphatic heterocycles. The van der Waals surface area contributed by atoms with E-state index in [1.165, 1.54) is 22.5 Å². The molecule has 0 radical (unpaired) electrons. The van der Waals surface area contributed by atoms with Gasteiger partial charge in [-0.15, -0.1) is 11.3 Å². The van der Waals surface area contributed by atoms with Gasteiger partial charge in [0.25, 0.3) is 5.91 Å². The van der Waals surface area contributed by atoms with E-state index in [1.54, 1.807) is 0 Å². The molecule has 4 rings (SSSR count). The molecule has 2 nitrogen and oxygen atoms in total. The fourth-order valence-corrected chi connectivity index (χ4v) is 4.15. The van der Waals surface area contributed by atoms with Crippen LogP contribution in [0.4, 0.5) is 0 Å². The average molecular weight is 357 g/mol. The maximum Gasteiger partial charge on any atom is 0.261 e. The van der Waals surface area contributed by atoms with Crippen LogP contribution in [0.5, 0.6) is 0 Å². The monoisotopic (exact) mass is 357 g/mol. The van der Waals surface area contributed by atoms with Crippen LogP contribution in [0.3, 0.4) is 0 Å². The molecule has 1 N–H and O–H groups in total. The summed E-state index contributed by atoms with van der Waals surface area (Å²) in [6, 6.07) is 30.7. The number of nitrogens with one attached hydrogen (secondary N) is 1. The molecule has 0 aliphatic rings. The van der Waals surface area contributed by atoms with Crippen LogP contribution in [0.1, 0.15) is 26.7 Å². The summed E-state index contributed by atoms with van der Waals surface area (Å²) in [6.45, 7) is 0.571. The van der Waals surface area contributed by atoms with Gasteiger partial charge in [0.1, 0.15) is 0 Å². The molecule has 1 aromatic heterocycles. The molecule has 0 fully saturated rings. The number of fused-ring (bicyclic) bond motifs is 1. The Morgan fingerprint density at radius 1 is 0.808 bits per heavy atom. The van der Waals surface area contributed by atoms with Gasteiger partial charge in [0, 0.05) is 17.2 Å². The summed E-state index contributed by atoms with van der Waals surface area (Å²) in [7, 11) is 0. The molecule has 26 heavy (non-hydrogen) atoms. The molecule has 0 aliphatic carbocycles. The van der Waals surface area contributed by atoms with Gasteiger partial charge in [-0.2, -0.15) is 0 Å². The normalized spacial score (nSPS) is 11.0. The molecule has 0 spiro atoms. The highest BCUT2D eigenvalue weighted by molar-refractivity contribution is 7.20. The second kappa shape index (κ2) is 7.54. The summed E-state index contributed by atoms with van der Waals surface area (Å²) in [5.41, 5.74) is 2.41. The third kappa shape index (κ3) is 3.53. The van der Waals surface area contributed by atoms with Gasteiger partial charge in [-0.1, -0.05) is 78.9 Å². The van der Waals surface area contributed by atoms with Gasteiger partial charge < -0.3 is 5.32 Å². The Balaban J connectivity index is 1.55. The van der Waals surface area contributed by atoms with E-state index in [0.717, 1.165) is 15.0 Å². The summed E-state index contributed by atoms with van der Waals surface area (Å²) >= 11 is 1.54. The molecule has 0 saturated heterocycles. The fourth-order valence-electron chi connectivity index (χ4n) is 3.17. The van der Waals surface area contributed by atoms with Crippen LogP contribution in [0, 0.1) is 0 Å². The van der Waals surface area contributed by atoms with Crippen LogP contribution in [0.15, 0.2) is 91.0 Å². The minimum absolute atomic E-state index is 0.0111. The number of thiophene rings is 1. The van der Waals surface area contributed by atoms with Gasteiger partial charge >= 0.3 is 0 Å². The Hall–Kier alpha value is -2.91. The van der Waals surface area contributed by atoms with Gasteiger partial charge in [-0.3, -0.25) is 4.79 Å². The van der Waals surface area contributed by atoms with Crippen LogP contribution >= 0.6 is 11.3 Å². The van der Waals surface area contributed by atoms with Crippen LogP contribution in [-0.2, 0) is 0 Å². The lowest BCUT2D eigenvalue weighted by molar-refractivity contribution is 0.0956. The predicted molar refractivity (Wildman–Crippen MR) is 109 cm³/mol. The van der Waals surface area contributed by atoms with E-state index in [4.69, 9.17) is 0 Å². The lowest BCUT2D eigenvalue weighted by atomic mass is 9.91. The van der Waals surface area contributed by atoms with Gasteiger partial charge in [-0.25, -0.2) is 0 Å². The van der Waals surface area contributed by atoms with Crippen molar-refractivity contribution in [3.8, 4) is 0 Å². The number of hydrogen-bond donors (Lipinski definition) is 1. The van der Waals surface area contributed by atoms with Crippen molar-refractivity contribution in [1.29, 1.82) is 0 Å². The minimum Gasteiger partial charge on any atom is -0.350 e. The Bertz CT molecular complexity index is 936. The standard InChI is InChI=1S/C23H19NOS/c25-23(22-15-19-13-7-8-14-21(19)26-22)24-16-20(17-9-3-1-4-10-17)18-11-5-2-6-12-18/h1-15,20H,16H2,(H,24,25). The first-order valence-corrected chi connectivity index (χ1v) is 9.49. The molecule has 0 saturated carbocycles. The van der Waals surface area contributed by atoms with E-state index in [1.807, 2.05) is 66.7 Å². The van der Waals surface area contributed by atoms with Crippen molar-refractivity contribution in [1.82, 2.24) is 5.32 Å². The van der Waals surface area contributed by atoms with Crippen molar-refractivity contribution in [2.75, 3.05) is 6.54 Å². The Labute approximate surface area is 157 Å². The highest BCUT2D eigenvalue weighted by Gasteiger charge is 2.16. The predicted octanol–water partition coefficient (Wildman–Crippen LogP) is 5.46. The third-order valence-corrected chi connectivity index (χ3v) is 5.63. The highest BCUT2D eigenvalue weighted by atomic mass is 32.1. The van der Waals surface area contributed by atoms with E-state index in [0.29, 0.717) is 6.54 Å². The summed E-state index contributed by atoms with van der Waals surface area (Å²) < 4.78 is 1.14. The average Bonchev–Trinajstić information content (AvgIpc) is 3.14. The summed E-state index contributed by atoms with van der Waals surface area (Å²) in [4.78, 5) is 13.4. The van der Waals surface area contributed by atoms with Gasteiger partial charge in [0.2, 0.25) is 0 Å². The quantitative estimate of drug-likeness (QED) is 0.505. The number of benzene rings is 3. The summed E-state index contributed by atoms with van der Waals surface area (Å²) in [5, 5.41) is 4.24. The fraction of sp³-hybridized carbons (Fsp3) is 0.0870. The molecular weight excluding hydrogens is 338 g/mol. The van der Waals surface area contributed by atoms with Gasteiger partial charge in [0.15, 0.2) is 0 Å². The lowest BCUT2D eigenvalue weighted by Gasteiger charge is -2.18. The Kier molecular flexibility index (Phi) is 4.80. The van der Waals surface area contributed by atoms with Crippen molar-refractivity contribution < 1.29 is 4.79 Å². The number of hydrogen-bond acceptors (Lipinski definition) is 2. The molecule has 0 atom stereocenters. The topological polar surface area (TPSA) is 29.1 Å². The minimum atomic E-state index is -0.0111. The zero-order valence-electron chi connectivity index (χ0n) is 14.3. The first-order valence-electron chi connectivity index (χ1n) is 8.68. The maximum absolute atomic E-state index is 12.7. The van der Waals surface area contributed by atoms with Gasteiger partial charge in [-0.05, 0) is 28.6 Å². The molecule has 128 valence electrons. The van der Waals surface area contributed by atoms with Crippen LogP contribution in [0.25, 0.3) is 10.1 Å². The largest absolute Gasteiger partial charge is 0.350 e. The molecule has 1 heterocycles. The van der Waals surface area contributed by atoms with Crippen LogP contribution < -0.4 is 5.32 Å². The maximum atomic E-state index is 12.7. The Morgan fingerprint density at radius 2 is 1.38 bits per heavy atom. The molecule has 1 amide bonds. The molecule has 3 aromatic carbocycles. The van der Waals surface area contributed by atoms with E-state index < -0.39 is 0 Å². The van der Waals surface area contributed by atoms with E-state index in [-0.39, 0.29) is 11.8 Å². The summed E-state index contributed by atoms with van der Waals surface area (Å²) in [5.74, 6) is 0.124. The van der Waals surface area contributed by atoms with Crippen molar-refractivity contribution in [2.45, 2.75) is 5.92 Å². The van der Waals surface area contributed by atoms with Crippen molar-refractivity contribution in [3.05, 3.63) is 107 Å². The molecule has 3 heteroatoms. The first-order chi connectivity index (χ1) is 12.8. The van der Waals surface area contributed by atoms with Crippen molar-refractivity contribution >= 4 is 27.3 Å². The van der Waals surface area contributed by atoms with E-state index in [9.17, 15) is 4.79 Å². The molecular formula is C23H19NOS. The first kappa shape index (κ1) is 16.6. The highest BCUT2D eigenvalue weighted by Crippen LogP contribution is 2.26. The van der Waals surface area contributed by atoms with E-state index in [2.05, 4.69) is 29.6 Å². The molecule has 4 aromatic rings. The second-order valence-electron chi connectivity index (χ2n) is 6.23. The zero-order valence-corrected chi connectivity index (χ0v) is 15.1.